The fraction of sp³-hybridized carbons (Fsp3) is 0.562. The molecule has 0 saturated carbocycles. The number of benzene rings is 1. The van der Waals surface area contributed by atoms with Crippen LogP contribution < -0.4 is 15.2 Å². The number of hydrogen-bond donors (Lipinski definition) is 1. The summed E-state index contributed by atoms with van der Waals surface area (Å²) in [4.78, 5) is 13.8. The lowest BCUT2D eigenvalue weighted by Gasteiger charge is -2.30. The van der Waals surface area contributed by atoms with Crippen molar-refractivity contribution in [3.05, 3.63) is 24.3 Å². The number of para-hydroxylation sites is 2. The Labute approximate surface area is 126 Å². The van der Waals surface area contributed by atoms with Crippen LogP contribution in [-0.4, -0.2) is 43.2 Å². The molecule has 1 aromatic carbocycles. The standard InChI is InChI=1S/C16H24N2O3/c1-3-4-7-13(17)16(19)18(2)10-12-11-20-14-8-5-6-9-15(14)21-12/h5-6,8-9,12-13H,3-4,7,10-11,17H2,1-2H3/t12?,13-/m0/s1. The van der Waals surface area contributed by atoms with E-state index >= 15 is 0 Å². The summed E-state index contributed by atoms with van der Waals surface area (Å²) >= 11 is 0. The molecule has 1 amide bonds. The minimum atomic E-state index is -0.424. The lowest BCUT2D eigenvalue weighted by atomic mass is 10.1. The Morgan fingerprint density at radius 1 is 1.43 bits per heavy atom. The minimum Gasteiger partial charge on any atom is -0.486 e. The summed E-state index contributed by atoms with van der Waals surface area (Å²) in [5.74, 6) is 1.44. The number of fused-ring (bicyclic) bond motifs is 1. The van der Waals surface area contributed by atoms with Gasteiger partial charge in [0, 0.05) is 7.05 Å². The molecule has 1 aliphatic heterocycles. The van der Waals surface area contributed by atoms with E-state index in [2.05, 4.69) is 6.92 Å². The molecule has 2 atom stereocenters. The Hall–Kier alpha value is -1.75. The van der Waals surface area contributed by atoms with E-state index in [4.69, 9.17) is 15.2 Å². The molecule has 2 rings (SSSR count). The average molecular weight is 292 g/mol. The molecule has 0 radical (unpaired) electrons. The molecule has 0 fully saturated rings. The molecular formula is C16H24N2O3. The van der Waals surface area contributed by atoms with E-state index in [0.29, 0.717) is 13.2 Å². The van der Waals surface area contributed by atoms with Gasteiger partial charge in [0.05, 0.1) is 12.6 Å². The van der Waals surface area contributed by atoms with Crippen molar-refractivity contribution in [3.8, 4) is 11.5 Å². The van der Waals surface area contributed by atoms with Gasteiger partial charge in [0.25, 0.3) is 0 Å². The van der Waals surface area contributed by atoms with E-state index in [9.17, 15) is 4.79 Å². The van der Waals surface area contributed by atoms with E-state index < -0.39 is 6.04 Å². The van der Waals surface area contributed by atoms with Crippen LogP contribution in [0.1, 0.15) is 26.2 Å². The first-order chi connectivity index (χ1) is 10.1. The summed E-state index contributed by atoms with van der Waals surface area (Å²) < 4.78 is 11.5. The van der Waals surface area contributed by atoms with Gasteiger partial charge in [-0.25, -0.2) is 0 Å². The van der Waals surface area contributed by atoms with E-state index in [1.54, 1.807) is 11.9 Å². The fourth-order valence-electron chi connectivity index (χ4n) is 2.38. The third kappa shape index (κ3) is 4.11. The normalized spacial score (nSPS) is 18.1. The highest BCUT2D eigenvalue weighted by Gasteiger charge is 2.25. The van der Waals surface area contributed by atoms with Crippen LogP contribution in [0.15, 0.2) is 24.3 Å². The molecule has 5 nitrogen and oxygen atoms in total. The van der Waals surface area contributed by atoms with Gasteiger partial charge >= 0.3 is 0 Å². The highest BCUT2D eigenvalue weighted by molar-refractivity contribution is 5.81. The van der Waals surface area contributed by atoms with Crippen molar-refractivity contribution in [1.82, 2.24) is 4.90 Å². The van der Waals surface area contributed by atoms with E-state index in [1.165, 1.54) is 0 Å². The maximum atomic E-state index is 12.2. The van der Waals surface area contributed by atoms with Crippen LogP contribution in [0.5, 0.6) is 11.5 Å². The molecule has 0 spiro atoms. The number of likely N-dealkylation sites (N-methyl/N-ethyl adjacent to an activating group) is 1. The molecule has 21 heavy (non-hydrogen) atoms. The van der Waals surface area contributed by atoms with Crippen molar-refractivity contribution in [1.29, 1.82) is 0 Å². The number of carbonyl (C=O) groups excluding carboxylic acids is 1. The van der Waals surface area contributed by atoms with Gasteiger partial charge in [0.2, 0.25) is 5.91 Å². The first kappa shape index (κ1) is 15.6. The van der Waals surface area contributed by atoms with Gasteiger partial charge in [-0.1, -0.05) is 31.9 Å². The Balaban J connectivity index is 1.86. The third-order valence-electron chi connectivity index (χ3n) is 3.61. The average Bonchev–Trinajstić information content (AvgIpc) is 2.51. The Kier molecular flexibility index (Phi) is 5.44. The summed E-state index contributed by atoms with van der Waals surface area (Å²) in [6.45, 7) is 3.01. The number of carbonyl (C=O) groups is 1. The van der Waals surface area contributed by atoms with Crippen LogP contribution in [0.25, 0.3) is 0 Å². The van der Waals surface area contributed by atoms with Crippen molar-refractivity contribution >= 4 is 5.91 Å². The largest absolute Gasteiger partial charge is 0.486 e. The smallest absolute Gasteiger partial charge is 0.239 e. The summed E-state index contributed by atoms with van der Waals surface area (Å²) in [7, 11) is 1.76. The maximum Gasteiger partial charge on any atom is 0.239 e. The molecule has 0 aromatic heterocycles. The Morgan fingerprint density at radius 3 is 2.86 bits per heavy atom. The molecule has 0 saturated heterocycles. The van der Waals surface area contributed by atoms with Crippen molar-refractivity contribution in [2.45, 2.75) is 38.3 Å². The van der Waals surface area contributed by atoms with Crippen molar-refractivity contribution in [3.63, 3.8) is 0 Å². The summed E-state index contributed by atoms with van der Waals surface area (Å²) in [6.07, 6.45) is 2.58. The van der Waals surface area contributed by atoms with E-state index in [-0.39, 0.29) is 12.0 Å². The zero-order valence-corrected chi connectivity index (χ0v) is 12.7. The van der Waals surface area contributed by atoms with E-state index in [1.807, 2.05) is 24.3 Å². The number of hydrogen-bond acceptors (Lipinski definition) is 4. The van der Waals surface area contributed by atoms with Crippen LogP contribution in [0.2, 0.25) is 0 Å². The molecule has 1 unspecified atom stereocenters. The van der Waals surface area contributed by atoms with Gasteiger partial charge in [0.15, 0.2) is 17.6 Å². The minimum absolute atomic E-state index is 0.0362. The van der Waals surface area contributed by atoms with Gasteiger partial charge in [-0.3, -0.25) is 4.79 Å². The Bertz CT molecular complexity index is 478. The molecular weight excluding hydrogens is 268 g/mol. The monoisotopic (exact) mass is 292 g/mol. The lowest BCUT2D eigenvalue weighted by Crippen LogP contribution is -2.47. The second kappa shape index (κ2) is 7.31. The Morgan fingerprint density at radius 2 is 2.14 bits per heavy atom. The molecule has 2 N–H and O–H groups in total. The van der Waals surface area contributed by atoms with Crippen LogP contribution in [0.3, 0.4) is 0 Å². The number of amides is 1. The van der Waals surface area contributed by atoms with Gasteiger partial charge in [0.1, 0.15) is 6.61 Å². The second-order valence-corrected chi connectivity index (χ2v) is 5.47. The first-order valence-electron chi connectivity index (χ1n) is 7.51. The lowest BCUT2D eigenvalue weighted by molar-refractivity contribution is -0.132. The molecule has 1 heterocycles. The van der Waals surface area contributed by atoms with Gasteiger partial charge < -0.3 is 20.1 Å². The zero-order valence-electron chi connectivity index (χ0n) is 12.7. The number of unbranched alkanes of at least 4 members (excludes halogenated alkanes) is 1. The fourth-order valence-corrected chi connectivity index (χ4v) is 2.38. The van der Waals surface area contributed by atoms with Crippen molar-refractivity contribution in [2.75, 3.05) is 20.2 Å². The summed E-state index contributed by atoms with van der Waals surface area (Å²) in [5, 5.41) is 0. The van der Waals surface area contributed by atoms with Crippen LogP contribution >= 0.6 is 0 Å². The topological polar surface area (TPSA) is 64.8 Å². The van der Waals surface area contributed by atoms with Gasteiger partial charge in [-0.05, 0) is 18.6 Å². The predicted molar refractivity (Wildman–Crippen MR) is 81.5 cm³/mol. The number of rotatable bonds is 6. The zero-order chi connectivity index (χ0) is 15.2. The van der Waals surface area contributed by atoms with E-state index in [0.717, 1.165) is 30.8 Å². The van der Waals surface area contributed by atoms with Crippen molar-refractivity contribution < 1.29 is 14.3 Å². The number of ether oxygens (including phenoxy) is 2. The SMILES string of the molecule is CCCC[C@H](N)C(=O)N(C)CC1COc2ccccc2O1. The molecule has 0 bridgehead atoms. The van der Waals surface area contributed by atoms with Gasteiger partial charge in [-0.15, -0.1) is 0 Å². The number of nitrogens with zero attached hydrogens (tertiary/aromatic N) is 1. The van der Waals surface area contributed by atoms with Gasteiger partial charge in [-0.2, -0.15) is 0 Å². The second-order valence-electron chi connectivity index (χ2n) is 5.47. The quantitative estimate of drug-likeness (QED) is 0.868. The first-order valence-corrected chi connectivity index (χ1v) is 7.51. The highest BCUT2D eigenvalue weighted by Crippen LogP contribution is 2.30. The van der Waals surface area contributed by atoms with Crippen molar-refractivity contribution in [2.24, 2.45) is 5.73 Å². The number of nitrogens with two attached hydrogens (primary N) is 1. The summed E-state index contributed by atoms with van der Waals surface area (Å²) in [6, 6.07) is 7.13. The third-order valence-corrected chi connectivity index (χ3v) is 3.61. The van der Waals surface area contributed by atoms with Crippen LogP contribution in [0, 0.1) is 0 Å². The molecule has 116 valence electrons. The molecule has 0 aliphatic carbocycles. The molecule has 1 aromatic rings. The summed E-state index contributed by atoms with van der Waals surface area (Å²) in [5.41, 5.74) is 5.92. The maximum absolute atomic E-state index is 12.2. The molecule has 5 heteroatoms. The predicted octanol–water partition coefficient (Wildman–Crippen LogP) is 1.80. The van der Waals surface area contributed by atoms with Crippen LogP contribution in [0.4, 0.5) is 0 Å². The highest BCUT2D eigenvalue weighted by atomic mass is 16.6. The van der Waals surface area contributed by atoms with Crippen LogP contribution in [-0.2, 0) is 4.79 Å². The molecule has 1 aliphatic rings.